The predicted octanol–water partition coefficient (Wildman–Crippen LogP) is 3.28. The zero-order valence-electron chi connectivity index (χ0n) is 14.0. The van der Waals surface area contributed by atoms with Gasteiger partial charge in [-0.05, 0) is 30.9 Å². The molecule has 1 aliphatic rings. The van der Waals surface area contributed by atoms with Gasteiger partial charge in [-0.2, -0.15) is 0 Å². The van der Waals surface area contributed by atoms with E-state index in [0.717, 1.165) is 10.4 Å². The van der Waals surface area contributed by atoms with Gasteiger partial charge in [0, 0.05) is 24.4 Å². The second kappa shape index (κ2) is 7.18. The van der Waals surface area contributed by atoms with Gasteiger partial charge in [-0.3, -0.25) is 9.59 Å². The van der Waals surface area contributed by atoms with E-state index < -0.39 is 0 Å². The summed E-state index contributed by atoms with van der Waals surface area (Å²) in [4.78, 5) is 27.6. The van der Waals surface area contributed by atoms with E-state index in [4.69, 9.17) is 0 Å². The van der Waals surface area contributed by atoms with Crippen LogP contribution < -0.4 is 5.32 Å². The third kappa shape index (κ3) is 3.85. The fourth-order valence-corrected chi connectivity index (χ4v) is 3.69. The number of thiophene rings is 1. The molecule has 1 aromatic heterocycles. The zero-order chi connectivity index (χ0) is 17.1. The first-order valence-electron chi connectivity index (χ1n) is 8.20. The van der Waals surface area contributed by atoms with Crippen molar-refractivity contribution < 1.29 is 9.59 Å². The molecule has 24 heavy (non-hydrogen) atoms. The lowest BCUT2D eigenvalue weighted by molar-refractivity contribution is -0.129. The molecule has 0 saturated carbocycles. The number of nitrogens with zero attached hydrogens (tertiary/aromatic N) is 1. The minimum absolute atomic E-state index is 0.0150. The molecule has 1 aliphatic heterocycles. The summed E-state index contributed by atoms with van der Waals surface area (Å²) in [7, 11) is 0. The van der Waals surface area contributed by atoms with E-state index in [1.54, 1.807) is 16.2 Å². The first-order chi connectivity index (χ1) is 11.5. The second-order valence-electron chi connectivity index (χ2n) is 6.41. The molecule has 0 bridgehead atoms. The fourth-order valence-electron chi connectivity index (χ4n) is 2.95. The van der Waals surface area contributed by atoms with Crippen LogP contribution in [0.5, 0.6) is 0 Å². The Hall–Kier alpha value is -2.14. The van der Waals surface area contributed by atoms with Crippen LogP contribution in [-0.2, 0) is 16.1 Å². The van der Waals surface area contributed by atoms with Gasteiger partial charge in [0.1, 0.15) is 0 Å². The number of rotatable bonds is 5. The van der Waals surface area contributed by atoms with Crippen molar-refractivity contribution in [3.63, 3.8) is 0 Å². The molecule has 2 aromatic rings. The van der Waals surface area contributed by atoms with Crippen molar-refractivity contribution in [2.75, 3.05) is 6.54 Å². The number of carbonyl (C=O) groups excluding carboxylic acids is 2. The minimum atomic E-state index is -0.259. The number of nitrogens with one attached hydrogen (secondary N) is 1. The largest absolute Gasteiger partial charge is 0.348 e. The maximum absolute atomic E-state index is 12.5. The highest BCUT2D eigenvalue weighted by Gasteiger charge is 2.34. The fraction of sp³-hybridized carbons (Fsp3) is 0.368. The van der Waals surface area contributed by atoms with Gasteiger partial charge >= 0.3 is 0 Å². The highest BCUT2D eigenvalue weighted by molar-refractivity contribution is 7.10. The number of carbonyl (C=O) groups is 2. The molecule has 2 unspecified atom stereocenters. The summed E-state index contributed by atoms with van der Waals surface area (Å²) in [6.45, 7) is 5.09. The lowest BCUT2D eigenvalue weighted by atomic mass is 10.1. The Bertz CT molecular complexity index is 709. The quantitative estimate of drug-likeness (QED) is 0.906. The third-order valence-corrected chi connectivity index (χ3v) is 5.46. The minimum Gasteiger partial charge on any atom is -0.348 e. The summed E-state index contributed by atoms with van der Waals surface area (Å²) in [5.74, 6) is -0.236. The molecule has 2 amide bonds. The Labute approximate surface area is 146 Å². The monoisotopic (exact) mass is 342 g/mol. The predicted molar refractivity (Wildman–Crippen MR) is 95.6 cm³/mol. The Kier molecular flexibility index (Phi) is 5.00. The topological polar surface area (TPSA) is 49.4 Å². The molecular weight excluding hydrogens is 320 g/mol. The molecule has 1 saturated heterocycles. The molecule has 1 aromatic carbocycles. The average Bonchev–Trinajstić information content (AvgIpc) is 3.20. The first kappa shape index (κ1) is 16.7. The van der Waals surface area contributed by atoms with Gasteiger partial charge in [-0.25, -0.2) is 0 Å². The van der Waals surface area contributed by atoms with Crippen LogP contribution in [0.4, 0.5) is 0 Å². The second-order valence-corrected chi connectivity index (χ2v) is 7.39. The molecule has 0 spiro atoms. The van der Waals surface area contributed by atoms with E-state index in [0.29, 0.717) is 19.5 Å². The highest BCUT2D eigenvalue weighted by atomic mass is 32.1. The van der Waals surface area contributed by atoms with Crippen molar-refractivity contribution in [3.8, 4) is 0 Å². The number of aryl methyl sites for hydroxylation is 1. The maximum Gasteiger partial charge on any atom is 0.225 e. The van der Waals surface area contributed by atoms with Crippen molar-refractivity contribution in [1.29, 1.82) is 0 Å². The number of benzene rings is 1. The molecule has 2 heterocycles. The van der Waals surface area contributed by atoms with E-state index in [1.165, 1.54) is 5.56 Å². The molecule has 0 aliphatic carbocycles. The molecule has 5 heteroatoms. The van der Waals surface area contributed by atoms with Crippen molar-refractivity contribution >= 4 is 23.2 Å². The van der Waals surface area contributed by atoms with Crippen LogP contribution in [0.25, 0.3) is 0 Å². The first-order valence-corrected chi connectivity index (χ1v) is 9.08. The van der Waals surface area contributed by atoms with Crippen LogP contribution in [0.2, 0.25) is 0 Å². The Morgan fingerprint density at radius 1 is 1.33 bits per heavy atom. The highest BCUT2D eigenvalue weighted by Crippen LogP contribution is 2.23. The van der Waals surface area contributed by atoms with E-state index in [1.807, 2.05) is 55.6 Å². The van der Waals surface area contributed by atoms with Gasteiger partial charge in [0.2, 0.25) is 11.8 Å². The van der Waals surface area contributed by atoms with Crippen molar-refractivity contribution in [1.82, 2.24) is 10.2 Å². The molecule has 4 nitrogen and oxygen atoms in total. The van der Waals surface area contributed by atoms with Crippen LogP contribution in [0.1, 0.15) is 35.4 Å². The Morgan fingerprint density at radius 3 is 2.75 bits per heavy atom. The summed E-state index contributed by atoms with van der Waals surface area (Å²) in [6.07, 6.45) is 0.300. The van der Waals surface area contributed by atoms with Crippen molar-refractivity contribution in [2.24, 2.45) is 5.92 Å². The molecule has 126 valence electrons. The maximum atomic E-state index is 12.5. The summed E-state index contributed by atoms with van der Waals surface area (Å²) in [5, 5.41) is 5.03. The number of hydrogen-bond acceptors (Lipinski definition) is 3. The molecule has 1 N–H and O–H groups in total. The summed E-state index contributed by atoms with van der Waals surface area (Å²) < 4.78 is 0. The molecule has 3 rings (SSSR count). The normalized spacial score (nSPS) is 18.7. The van der Waals surface area contributed by atoms with Crippen LogP contribution >= 0.6 is 11.3 Å². The summed E-state index contributed by atoms with van der Waals surface area (Å²) >= 11 is 1.63. The van der Waals surface area contributed by atoms with Crippen molar-refractivity contribution in [2.45, 2.75) is 32.9 Å². The zero-order valence-corrected chi connectivity index (χ0v) is 14.8. The lowest BCUT2D eigenvalue weighted by Crippen LogP contribution is -2.34. The van der Waals surface area contributed by atoms with E-state index in [9.17, 15) is 9.59 Å². The molecule has 2 atom stereocenters. The van der Waals surface area contributed by atoms with Crippen LogP contribution in [-0.4, -0.2) is 23.3 Å². The molecule has 1 fully saturated rings. The SMILES string of the molecule is Cc1ccc(CN2CC(C(=O)NC(C)c3cccs3)CC2=O)cc1. The van der Waals surface area contributed by atoms with Crippen LogP contribution in [0, 0.1) is 12.8 Å². The number of hydrogen-bond donors (Lipinski definition) is 1. The van der Waals surface area contributed by atoms with Gasteiger partial charge in [0.25, 0.3) is 0 Å². The van der Waals surface area contributed by atoms with E-state index in [-0.39, 0.29) is 23.8 Å². The Balaban J connectivity index is 1.57. The van der Waals surface area contributed by atoms with E-state index in [2.05, 4.69) is 5.32 Å². The van der Waals surface area contributed by atoms with Gasteiger partial charge < -0.3 is 10.2 Å². The van der Waals surface area contributed by atoms with Gasteiger partial charge in [0.15, 0.2) is 0 Å². The van der Waals surface area contributed by atoms with Crippen LogP contribution in [0.3, 0.4) is 0 Å². The summed E-state index contributed by atoms with van der Waals surface area (Å²) in [6, 6.07) is 12.1. The van der Waals surface area contributed by atoms with Gasteiger partial charge in [-0.15, -0.1) is 11.3 Å². The van der Waals surface area contributed by atoms with Crippen LogP contribution in [0.15, 0.2) is 41.8 Å². The van der Waals surface area contributed by atoms with E-state index >= 15 is 0 Å². The smallest absolute Gasteiger partial charge is 0.225 e. The molecular formula is C19H22N2O2S. The molecule has 0 radical (unpaired) electrons. The van der Waals surface area contributed by atoms with Crippen molar-refractivity contribution in [3.05, 3.63) is 57.8 Å². The third-order valence-electron chi connectivity index (χ3n) is 4.41. The standard InChI is InChI=1S/C19H22N2O2S/c1-13-5-7-15(8-6-13)11-21-12-16(10-18(21)22)19(23)20-14(2)17-4-3-9-24-17/h3-9,14,16H,10-12H2,1-2H3,(H,20,23). The lowest BCUT2D eigenvalue weighted by Gasteiger charge is -2.18. The van der Waals surface area contributed by atoms with Gasteiger partial charge in [0.05, 0.1) is 12.0 Å². The number of likely N-dealkylation sites (tertiary alicyclic amines) is 1. The average molecular weight is 342 g/mol. The Morgan fingerprint density at radius 2 is 2.08 bits per heavy atom. The van der Waals surface area contributed by atoms with Gasteiger partial charge in [-0.1, -0.05) is 35.9 Å². The summed E-state index contributed by atoms with van der Waals surface area (Å²) in [5.41, 5.74) is 2.30. The number of amides is 2.